The Kier molecular flexibility index (Phi) is 5.33. The molecule has 0 bridgehead atoms. The topological polar surface area (TPSA) is 17.1 Å². The van der Waals surface area contributed by atoms with E-state index >= 15 is 0 Å². The van der Waals surface area contributed by atoms with Gasteiger partial charge in [-0.15, -0.1) is 11.6 Å². The van der Waals surface area contributed by atoms with Crippen LogP contribution in [0.3, 0.4) is 0 Å². The predicted molar refractivity (Wildman–Crippen MR) is 59.9 cm³/mol. The first kappa shape index (κ1) is 12.2. The maximum Gasteiger partial charge on any atom is 0.162 e. The van der Waals surface area contributed by atoms with Crippen molar-refractivity contribution >= 4 is 17.4 Å². The molecule has 0 N–H and O–H groups in total. The molecule has 1 nitrogen and oxygen atoms in total. The molecule has 82 valence electrons. The smallest absolute Gasteiger partial charge is 0.162 e. The predicted octanol–water partition coefficient (Wildman–Crippen LogP) is 3.81. The molecule has 0 atom stereocenters. The van der Waals surface area contributed by atoms with Crippen molar-refractivity contribution in [1.82, 2.24) is 0 Å². The second-order valence-corrected chi connectivity index (χ2v) is 3.81. The molecule has 0 amide bonds. The summed E-state index contributed by atoms with van der Waals surface area (Å²) in [5.41, 5.74) is 0.585. The molecule has 0 aliphatic carbocycles. The van der Waals surface area contributed by atoms with Crippen LogP contribution in [-0.4, -0.2) is 11.7 Å². The zero-order valence-electron chi connectivity index (χ0n) is 8.51. The Bertz CT molecular complexity index is 308. The molecule has 0 radical (unpaired) electrons. The van der Waals surface area contributed by atoms with E-state index in [-0.39, 0.29) is 11.6 Å². The minimum atomic E-state index is -0.311. The van der Waals surface area contributed by atoms with Crippen molar-refractivity contribution in [2.75, 3.05) is 5.88 Å². The Morgan fingerprint density at radius 1 is 1.13 bits per heavy atom. The van der Waals surface area contributed by atoms with Crippen LogP contribution < -0.4 is 0 Å². The second kappa shape index (κ2) is 6.57. The van der Waals surface area contributed by atoms with Crippen LogP contribution >= 0.6 is 11.6 Å². The Hall–Kier alpha value is -0.890. The minimum Gasteiger partial charge on any atom is -0.294 e. The molecule has 1 rings (SSSR count). The van der Waals surface area contributed by atoms with Gasteiger partial charge in [0.2, 0.25) is 0 Å². The van der Waals surface area contributed by atoms with E-state index in [0.29, 0.717) is 17.9 Å². The van der Waals surface area contributed by atoms with Gasteiger partial charge in [-0.25, -0.2) is 4.39 Å². The number of ketones is 1. The quantitative estimate of drug-likeness (QED) is 0.411. The van der Waals surface area contributed by atoms with Crippen LogP contribution in [0.5, 0.6) is 0 Å². The van der Waals surface area contributed by atoms with Crippen LogP contribution in [0.15, 0.2) is 24.3 Å². The summed E-state index contributed by atoms with van der Waals surface area (Å²) in [5.74, 6) is 0.406. The van der Waals surface area contributed by atoms with Crippen molar-refractivity contribution in [2.45, 2.75) is 25.7 Å². The third-order valence-corrected chi connectivity index (χ3v) is 2.47. The van der Waals surface area contributed by atoms with E-state index in [2.05, 4.69) is 0 Å². The second-order valence-electron chi connectivity index (χ2n) is 3.43. The molecule has 0 aliphatic rings. The number of hydrogen-bond acceptors (Lipinski definition) is 1. The third-order valence-electron chi connectivity index (χ3n) is 2.20. The highest BCUT2D eigenvalue weighted by Crippen LogP contribution is 2.09. The van der Waals surface area contributed by atoms with E-state index in [0.717, 1.165) is 19.3 Å². The molecule has 3 heteroatoms. The fourth-order valence-electron chi connectivity index (χ4n) is 1.34. The number of rotatable bonds is 6. The lowest BCUT2D eigenvalue weighted by Gasteiger charge is -2.00. The lowest BCUT2D eigenvalue weighted by atomic mass is 10.1. The molecule has 15 heavy (non-hydrogen) atoms. The Labute approximate surface area is 94.3 Å². The molecule has 0 saturated heterocycles. The highest BCUT2D eigenvalue weighted by Gasteiger charge is 2.04. The van der Waals surface area contributed by atoms with Crippen LogP contribution in [0, 0.1) is 5.82 Å². The SMILES string of the molecule is O=C(CCCCCCl)c1ccc(F)cc1. The lowest BCUT2D eigenvalue weighted by Crippen LogP contribution is -1.98. The van der Waals surface area contributed by atoms with Gasteiger partial charge in [-0.05, 0) is 37.1 Å². The summed E-state index contributed by atoms with van der Waals surface area (Å²) >= 11 is 5.52. The van der Waals surface area contributed by atoms with Crippen molar-refractivity contribution in [1.29, 1.82) is 0 Å². The average Bonchev–Trinajstić information content (AvgIpc) is 2.25. The summed E-state index contributed by atoms with van der Waals surface area (Å²) in [5, 5.41) is 0. The fourth-order valence-corrected chi connectivity index (χ4v) is 1.53. The maximum absolute atomic E-state index is 12.6. The van der Waals surface area contributed by atoms with Gasteiger partial charge in [-0.3, -0.25) is 4.79 Å². The number of Topliss-reactive ketones (excluding diaryl/α,β-unsaturated/α-hetero) is 1. The zero-order valence-corrected chi connectivity index (χ0v) is 9.27. The van der Waals surface area contributed by atoms with E-state index < -0.39 is 0 Å². The normalized spacial score (nSPS) is 10.3. The summed E-state index contributed by atoms with van der Waals surface area (Å²) in [6.45, 7) is 0. The van der Waals surface area contributed by atoms with E-state index in [1.54, 1.807) is 0 Å². The summed E-state index contributed by atoms with van der Waals surface area (Å²) in [6, 6.07) is 5.68. The van der Waals surface area contributed by atoms with Crippen LogP contribution in [0.25, 0.3) is 0 Å². The molecular formula is C12H14ClFO. The Balaban J connectivity index is 2.37. The third kappa shape index (κ3) is 4.43. The van der Waals surface area contributed by atoms with Gasteiger partial charge in [0.05, 0.1) is 0 Å². The number of carbonyl (C=O) groups is 1. The van der Waals surface area contributed by atoms with E-state index in [4.69, 9.17) is 11.6 Å². The number of carbonyl (C=O) groups excluding carboxylic acids is 1. The summed E-state index contributed by atoms with van der Waals surface area (Å²) in [6.07, 6.45) is 3.28. The lowest BCUT2D eigenvalue weighted by molar-refractivity contribution is 0.0979. The van der Waals surface area contributed by atoms with E-state index in [1.165, 1.54) is 24.3 Å². The number of hydrogen-bond donors (Lipinski definition) is 0. The highest BCUT2D eigenvalue weighted by molar-refractivity contribution is 6.17. The first-order valence-corrected chi connectivity index (χ1v) is 5.62. The first-order chi connectivity index (χ1) is 7.24. The number of unbranched alkanes of at least 4 members (excludes halogenated alkanes) is 2. The van der Waals surface area contributed by atoms with Gasteiger partial charge >= 0.3 is 0 Å². The van der Waals surface area contributed by atoms with E-state index in [1.807, 2.05) is 0 Å². The zero-order chi connectivity index (χ0) is 11.1. The fraction of sp³-hybridized carbons (Fsp3) is 0.417. The highest BCUT2D eigenvalue weighted by atomic mass is 35.5. The standard InChI is InChI=1S/C12H14ClFO/c13-9-3-1-2-4-12(15)10-5-7-11(14)8-6-10/h5-8H,1-4,9H2. The Morgan fingerprint density at radius 3 is 2.40 bits per heavy atom. The number of alkyl halides is 1. The van der Waals surface area contributed by atoms with Gasteiger partial charge in [-0.2, -0.15) is 0 Å². The van der Waals surface area contributed by atoms with Gasteiger partial charge in [-0.1, -0.05) is 6.42 Å². The molecular weight excluding hydrogens is 215 g/mol. The molecule has 0 saturated carbocycles. The molecule has 0 spiro atoms. The largest absolute Gasteiger partial charge is 0.294 e. The molecule has 0 aliphatic heterocycles. The monoisotopic (exact) mass is 228 g/mol. The van der Waals surface area contributed by atoms with Gasteiger partial charge in [0.1, 0.15) is 5.82 Å². The van der Waals surface area contributed by atoms with Crippen LogP contribution in [0.4, 0.5) is 4.39 Å². The van der Waals surface area contributed by atoms with Crippen molar-refractivity contribution in [3.8, 4) is 0 Å². The number of benzene rings is 1. The number of halogens is 2. The van der Waals surface area contributed by atoms with Crippen molar-refractivity contribution < 1.29 is 9.18 Å². The van der Waals surface area contributed by atoms with Crippen molar-refractivity contribution in [3.63, 3.8) is 0 Å². The Morgan fingerprint density at radius 2 is 1.80 bits per heavy atom. The maximum atomic E-state index is 12.6. The van der Waals surface area contributed by atoms with Gasteiger partial charge in [0.25, 0.3) is 0 Å². The van der Waals surface area contributed by atoms with Gasteiger partial charge in [0, 0.05) is 17.9 Å². The van der Waals surface area contributed by atoms with Crippen molar-refractivity contribution in [2.24, 2.45) is 0 Å². The average molecular weight is 229 g/mol. The summed E-state index contributed by atoms with van der Waals surface area (Å²) < 4.78 is 12.6. The molecule has 0 heterocycles. The van der Waals surface area contributed by atoms with Gasteiger partial charge < -0.3 is 0 Å². The van der Waals surface area contributed by atoms with Crippen LogP contribution in [0.2, 0.25) is 0 Å². The molecule has 0 aromatic heterocycles. The minimum absolute atomic E-state index is 0.0737. The van der Waals surface area contributed by atoms with Crippen molar-refractivity contribution in [3.05, 3.63) is 35.6 Å². The van der Waals surface area contributed by atoms with E-state index in [9.17, 15) is 9.18 Å². The first-order valence-electron chi connectivity index (χ1n) is 5.09. The van der Waals surface area contributed by atoms with Crippen LogP contribution in [0.1, 0.15) is 36.0 Å². The van der Waals surface area contributed by atoms with Crippen LogP contribution in [-0.2, 0) is 0 Å². The molecule has 1 aromatic rings. The molecule has 0 unspecified atom stereocenters. The molecule has 1 aromatic carbocycles. The molecule has 0 fully saturated rings. The summed E-state index contributed by atoms with van der Waals surface area (Å²) in [4.78, 5) is 11.6. The van der Waals surface area contributed by atoms with Gasteiger partial charge in [0.15, 0.2) is 5.78 Å². The summed E-state index contributed by atoms with van der Waals surface area (Å²) in [7, 11) is 0.